The summed E-state index contributed by atoms with van der Waals surface area (Å²) in [6.45, 7) is 1.65. The number of carbonyl (C=O) groups excluding carboxylic acids is 2. The van der Waals surface area contributed by atoms with Crippen molar-refractivity contribution in [2.45, 2.75) is 32.1 Å². The minimum Gasteiger partial charge on any atom is -0.463 e. The van der Waals surface area contributed by atoms with Crippen LogP contribution in [0.4, 0.5) is 5.69 Å². The van der Waals surface area contributed by atoms with Gasteiger partial charge >= 0.3 is 5.97 Å². The average Bonchev–Trinajstić information content (AvgIpc) is 2.82. The number of nitrogens with one attached hydrogen (secondary N) is 1. The molecular formula is C26H26N2O4. The van der Waals surface area contributed by atoms with Gasteiger partial charge in [-0.3, -0.25) is 9.59 Å². The summed E-state index contributed by atoms with van der Waals surface area (Å²) in [6.07, 6.45) is 1.27. The largest absolute Gasteiger partial charge is 0.463 e. The van der Waals surface area contributed by atoms with Crippen LogP contribution in [0.1, 0.15) is 42.4 Å². The highest BCUT2D eigenvalue weighted by Gasteiger charge is 2.19. The van der Waals surface area contributed by atoms with Gasteiger partial charge in [0.25, 0.3) is 0 Å². The van der Waals surface area contributed by atoms with E-state index in [0.717, 1.165) is 21.9 Å². The molecule has 3 aromatic carbocycles. The summed E-state index contributed by atoms with van der Waals surface area (Å²) in [4.78, 5) is 24.8. The van der Waals surface area contributed by atoms with E-state index in [-0.39, 0.29) is 31.5 Å². The lowest BCUT2D eigenvalue weighted by Crippen LogP contribution is -2.20. The zero-order valence-electron chi connectivity index (χ0n) is 18.0. The van der Waals surface area contributed by atoms with Crippen LogP contribution in [0, 0.1) is 11.3 Å². The number of rotatable bonds is 9. The van der Waals surface area contributed by atoms with E-state index in [1.807, 2.05) is 49.4 Å². The molecule has 0 saturated carbocycles. The van der Waals surface area contributed by atoms with Gasteiger partial charge in [0.2, 0.25) is 5.91 Å². The Kier molecular flexibility index (Phi) is 7.96. The fraction of sp³-hybridized carbons (Fsp3) is 0.269. The van der Waals surface area contributed by atoms with Crippen molar-refractivity contribution >= 4 is 28.3 Å². The van der Waals surface area contributed by atoms with Gasteiger partial charge in [-0.2, -0.15) is 5.26 Å². The van der Waals surface area contributed by atoms with Crippen LogP contribution < -0.4 is 5.32 Å². The predicted molar refractivity (Wildman–Crippen MR) is 123 cm³/mol. The summed E-state index contributed by atoms with van der Waals surface area (Å²) < 4.78 is 4.87. The van der Waals surface area contributed by atoms with Crippen LogP contribution in [-0.4, -0.2) is 30.2 Å². The Morgan fingerprint density at radius 1 is 1.12 bits per heavy atom. The van der Waals surface area contributed by atoms with Gasteiger partial charge in [-0.25, -0.2) is 0 Å². The second-order valence-electron chi connectivity index (χ2n) is 7.56. The number of nitriles is 1. The molecule has 0 fully saturated rings. The van der Waals surface area contributed by atoms with Gasteiger partial charge < -0.3 is 15.2 Å². The fourth-order valence-corrected chi connectivity index (χ4v) is 3.65. The number of fused-ring (bicyclic) bond motifs is 1. The summed E-state index contributed by atoms with van der Waals surface area (Å²) in [5.74, 6) is -0.934. The number of aliphatic hydroxyl groups excluding tert-OH is 1. The minimum absolute atomic E-state index is 0.0108. The first-order valence-electron chi connectivity index (χ1n) is 10.6. The zero-order chi connectivity index (χ0) is 22.9. The van der Waals surface area contributed by atoms with Gasteiger partial charge in [0.15, 0.2) is 0 Å². The first-order chi connectivity index (χ1) is 15.5. The molecule has 0 spiro atoms. The lowest BCUT2D eigenvalue weighted by atomic mass is 9.94. The number of ether oxygens (including phenoxy) is 1. The third-order valence-corrected chi connectivity index (χ3v) is 5.36. The molecule has 0 aliphatic heterocycles. The third-order valence-electron chi connectivity index (χ3n) is 5.36. The Hall–Kier alpha value is -3.69. The maximum Gasteiger partial charge on any atom is 0.305 e. The highest BCUT2D eigenvalue weighted by Crippen LogP contribution is 2.28. The molecule has 6 heteroatoms. The van der Waals surface area contributed by atoms with Crippen LogP contribution in [0.2, 0.25) is 0 Å². The summed E-state index contributed by atoms with van der Waals surface area (Å²) in [5.41, 5.74) is 2.80. The third kappa shape index (κ3) is 5.71. The Bertz CT molecular complexity index is 1140. The normalized spacial score (nSPS) is 11.5. The van der Waals surface area contributed by atoms with E-state index < -0.39 is 5.92 Å². The molecule has 0 aliphatic carbocycles. The maximum absolute atomic E-state index is 13.1. The first kappa shape index (κ1) is 23.0. The smallest absolute Gasteiger partial charge is 0.305 e. The van der Waals surface area contributed by atoms with Crippen LogP contribution in [0.5, 0.6) is 0 Å². The van der Waals surface area contributed by atoms with Crippen LogP contribution in [-0.2, 0) is 20.7 Å². The van der Waals surface area contributed by atoms with Crippen molar-refractivity contribution in [2.24, 2.45) is 0 Å². The molecule has 2 N–H and O–H groups in total. The Morgan fingerprint density at radius 3 is 2.69 bits per heavy atom. The van der Waals surface area contributed by atoms with Crippen LogP contribution in [0.15, 0.2) is 60.7 Å². The fourth-order valence-electron chi connectivity index (χ4n) is 3.65. The number of aryl methyl sites for hydroxylation is 1. The number of aliphatic hydroxyl groups is 1. The van der Waals surface area contributed by atoms with Crippen molar-refractivity contribution in [2.75, 3.05) is 18.5 Å². The summed E-state index contributed by atoms with van der Waals surface area (Å²) >= 11 is 0. The summed E-state index contributed by atoms with van der Waals surface area (Å²) in [6, 6.07) is 21.1. The van der Waals surface area contributed by atoms with E-state index in [1.165, 1.54) is 0 Å². The summed E-state index contributed by atoms with van der Waals surface area (Å²) in [7, 11) is 0. The van der Waals surface area contributed by atoms with Crippen molar-refractivity contribution in [3.8, 4) is 6.07 Å². The zero-order valence-corrected chi connectivity index (χ0v) is 18.0. The molecule has 0 aliphatic rings. The number of esters is 1. The number of anilines is 1. The van der Waals surface area contributed by atoms with Gasteiger partial charge in [0, 0.05) is 12.1 Å². The molecule has 0 bridgehead atoms. The lowest BCUT2D eigenvalue weighted by molar-refractivity contribution is -0.144. The number of carbonyl (C=O) groups is 2. The lowest BCUT2D eigenvalue weighted by Gasteiger charge is -2.17. The van der Waals surface area contributed by atoms with E-state index in [1.54, 1.807) is 18.2 Å². The number of nitrogens with zero attached hydrogens (tertiary/aromatic N) is 1. The van der Waals surface area contributed by atoms with Gasteiger partial charge in [-0.05, 0) is 53.8 Å². The molecule has 6 nitrogen and oxygen atoms in total. The van der Waals surface area contributed by atoms with Crippen molar-refractivity contribution < 1.29 is 19.4 Å². The molecule has 1 unspecified atom stereocenters. The van der Waals surface area contributed by atoms with Crippen molar-refractivity contribution in [1.82, 2.24) is 0 Å². The molecule has 32 heavy (non-hydrogen) atoms. The van der Waals surface area contributed by atoms with Crippen molar-refractivity contribution in [1.29, 1.82) is 5.26 Å². The topological polar surface area (TPSA) is 99.4 Å². The predicted octanol–water partition coefficient (Wildman–Crippen LogP) is 4.31. The van der Waals surface area contributed by atoms with E-state index in [2.05, 4.69) is 11.4 Å². The van der Waals surface area contributed by atoms with Gasteiger partial charge in [-0.1, -0.05) is 48.5 Å². The Balaban J connectivity index is 1.75. The number of benzene rings is 3. The molecule has 3 aromatic rings. The monoisotopic (exact) mass is 430 g/mol. The SMILES string of the molecule is CC(C(=O)Nc1cc(C#N)ccc1CCCC(=O)OCCO)c1cccc2ccccc12. The standard InChI is InChI=1S/C26H26N2O4/c1-18(22-10-4-7-20-6-2-3-9-23(20)22)26(31)28-24-16-19(17-27)12-13-21(24)8-5-11-25(30)32-15-14-29/h2-4,6-7,9-10,12-13,16,18,29H,5,8,11,14-15H2,1H3,(H,28,31). The molecule has 0 aromatic heterocycles. The number of hydrogen-bond acceptors (Lipinski definition) is 5. The quantitative estimate of drug-likeness (QED) is 0.493. The van der Waals surface area contributed by atoms with Crippen molar-refractivity contribution in [3.63, 3.8) is 0 Å². The van der Waals surface area contributed by atoms with E-state index in [9.17, 15) is 14.9 Å². The maximum atomic E-state index is 13.1. The molecule has 0 radical (unpaired) electrons. The summed E-state index contributed by atoms with van der Waals surface area (Å²) in [5, 5.41) is 23.1. The van der Waals surface area contributed by atoms with Gasteiger partial charge in [0.05, 0.1) is 24.2 Å². The molecule has 1 amide bonds. The van der Waals surface area contributed by atoms with Gasteiger partial charge in [0.1, 0.15) is 6.61 Å². The average molecular weight is 431 g/mol. The Labute approximate surface area is 187 Å². The number of hydrogen-bond donors (Lipinski definition) is 2. The molecule has 3 rings (SSSR count). The van der Waals surface area contributed by atoms with Crippen LogP contribution in [0.3, 0.4) is 0 Å². The molecule has 164 valence electrons. The highest BCUT2D eigenvalue weighted by atomic mass is 16.5. The second-order valence-corrected chi connectivity index (χ2v) is 7.56. The molecule has 0 saturated heterocycles. The van der Waals surface area contributed by atoms with E-state index in [0.29, 0.717) is 24.1 Å². The molecule has 1 atom stereocenters. The van der Waals surface area contributed by atoms with Crippen LogP contribution in [0.25, 0.3) is 10.8 Å². The van der Waals surface area contributed by atoms with Crippen molar-refractivity contribution in [3.05, 3.63) is 77.4 Å². The van der Waals surface area contributed by atoms with Gasteiger partial charge in [-0.15, -0.1) is 0 Å². The van der Waals surface area contributed by atoms with E-state index in [4.69, 9.17) is 9.84 Å². The Morgan fingerprint density at radius 2 is 1.91 bits per heavy atom. The van der Waals surface area contributed by atoms with Crippen LogP contribution >= 0.6 is 0 Å². The highest BCUT2D eigenvalue weighted by molar-refractivity contribution is 5.99. The second kappa shape index (κ2) is 11.1. The molecular weight excluding hydrogens is 404 g/mol. The minimum atomic E-state index is -0.395. The first-order valence-corrected chi connectivity index (χ1v) is 10.6. The molecule has 0 heterocycles. The number of amides is 1. The van der Waals surface area contributed by atoms with E-state index >= 15 is 0 Å².